The van der Waals surface area contributed by atoms with Gasteiger partial charge in [-0.3, -0.25) is 14.5 Å². The number of fused-ring (bicyclic) bond motifs is 1. The second-order valence-corrected chi connectivity index (χ2v) is 8.70. The molecule has 26 heavy (non-hydrogen) atoms. The van der Waals surface area contributed by atoms with Crippen LogP contribution in [-0.4, -0.2) is 24.1 Å². The first-order valence-corrected chi connectivity index (χ1v) is 10.1. The Bertz CT molecular complexity index is 960. The van der Waals surface area contributed by atoms with Gasteiger partial charge in [-0.1, -0.05) is 41.4 Å². The van der Waals surface area contributed by atoms with Gasteiger partial charge in [0.2, 0.25) is 10.8 Å². The third-order valence-corrected chi connectivity index (χ3v) is 7.01. The van der Waals surface area contributed by atoms with Gasteiger partial charge in [0.15, 0.2) is 0 Å². The Hall–Kier alpha value is -1.69. The van der Waals surface area contributed by atoms with E-state index in [9.17, 15) is 9.59 Å². The van der Waals surface area contributed by atoms with E-state index < -0.39 is 4.87 Å². The van der Waals surface area contributed by atoms with Crippen molar-refractivity contribution < 1.29 is 9.59 Å². The molecule has 4 nitrogen and oxygen atoms in total. The Morgan fingerprint density at radius 1 is 1.08 bits per heavy atom. The molecule has 3 heterocycles. The van der Waals surface area contributed by atoms with Gasteiger partial charge in [0.25, 0.3) is 5.91 Å². The molecule has 5 rings (SSSR count). The fourth-order valence-corrected chi connectivity index (χ4v) is 6.11. The van der Waals surface area contributed by atoms with E-state index in [1.54, 1.807) is 23.1 Å². The minimum Gasteiger partial charge on any atom is -0.309 e. The smallest absolute Gasteiger partial charge is 0.268 e. The second-order valence-electron chi connectivity index (χ2n) is 6.66. The minimum atomic E-state index is -1.07. The number of amides is 2. The van der Waals surface area contributed by atoms with Crippen LogP contribution in [-0.2, 0) is 20.9 Å². The highest BCUT2D eigenvalue weighted by Gasteiger charge is 2.61. The van der Waals surface area contributed by atoms with Crippen LogP contribution in [0, 0.1) is 0 Å². The molecule has 0 aliphatic carbocycles. The molecule has 132 valence electrons. The fourth-order valence-electron chi connectivity index (χ4n) is 4.25. The van der Waals surface area contributed by atoms with Crippen LogP contribution in [0.25, 0.3) is 0 Å². The van der Waals surface area contributed by atoms with Crippen molar-refractivity contribution in [1.82, 2.24) is 0 Å². The molecule has 1 saturated heterocycles. The van der Waals surface area contributed by atoms with Gasteiger partial charge < -0.3 is 4.90 Å². The summed E-state index contributed by atoms with van der Waals surface area (Å²) in [6.45, 7) is 0.684. The zero-order chi connectivity index (χ0) is 18.1. The van der Waals surface area contributed by atoms with Gasteiger partial charge in [-0.05, 0) is 36.6 Å². The summed E-state index contributed by atoms with van der Waals surface area (Å²) in [5.41, 5.74) is 3.60. The van der Waals surface area contributed by atoms with Crippen LogP contribution in [0.1, 0.15) is 17.5 Å². The van der Waals surface area contributed by atoms with Crippen molar-refractivity contribution in [3.63, 3.8) is 0 Å². The molecule has 7 heteroatoms. The van der Waals surface area contributed by atoms with E-state index in [1.807, 2.05) is 17.0 Å². The number of rotatable bonds is 1. The highest BCUT2D eigenvalue weighted by Crippen LogP contribution is 2.57. The third-order valence-electron chi connectivity index (χ3n) is 5.19. The Kier molecular flexibility index (Phi) is 3.58. The SMILES string of the molecule is O=C1CSC2(C(=O)N3CCCc4cccc2c43)N1c1cc(Cl)cc(Cl)c1. The molecule has 2 amide bonds. The van der Waals surface area contributed by atoms with E-state index in [-0.39, 0.29) is 17.6 Å². The summed E-state index contributed by atoms with van der Waals surface area (Å²) in [6, 6.07) is 11.0. The number of carbonyl (C=O) groups excluding carboxylic acids is 2. The lowest BCUT2D eigenvalue weighted by atomic mass is 9.98. The number of hydrogen-bond acceptors (Lipinski definition) is 3. The van der Waals surface area contributed by atoms with E-state index in [1.165, 1.54) is 17.3 Å². The zero-order valence-corrected chi connectivity index (χ0v) is 16.0. The Morgan fingerprint density at radius 2 is 1.85 bits per heavy atom. The van der Waals surface area contributed by atoms with Crippen LogP contribution in [0.15, 0.2) is 36.4 Å². The molecule has 1 atom stereocenters. The fraction of sp³-hybridized carbons (Fsp3) is 0.263. The van der Waals surface area contributed by atoms with Crippen molar-refractivity contribution >= 4 is 58.2 Å². The second kappa shape index (κ2) is 5.65. The van der Waals surface area contributed by atoms with Gasteiger partial charge in [-0.25, -0.2) is 0 Å². The Balaban J connectivity index is 1.77. The van der Waals surface area contributed by atoms with Crippen LogP contribution < -0.4 is 9.80 Å². The summed E-state index contributed by atoms with van der Waals surface area (Å²) < 4.78 is 0. The summed E-state index contributed by atoms with van der Waals surface area (Å²) in [5, 5.41) is 0.876. The molecule has 2 aromatic carbocycles. The molecule has 0 N–H and O–H groups in total. The van der Waals surface area contributed by atoms with Gasteiger partial charge >= 0.3 is 0 Å². The molecule has 0 saturated carbocycles. The largest absolute Gasteiger partial charge is 0.309 e. The molecule has 3 aliphatic rings. The summed E-state index contributed by atoms with van der Waals surface area (Å²) in [4.78, 5) is 28.8. The molecular weight excluding hydrogens is 391 g/mol. The third kappa shape index (κ3) is 2.05. The van der Waals surface area contributed by atoms with Crippen LogP contribution >= 0.6 is 35.0 Å². The first-order chi connectivity index (χ1) is 12.5. The maximum atomic E-state index is 13.5. The lowest BCUT2D eigenvalue weighted by Gasteiger charge is -2.33. The first kappa shape index (κ1) is 16.5. The van der Waals surface area contributed by atoms with Gasteiger partial charge in [0.1, 0.15) is 0 Å². The zero-order valence-electron chi connectivity index (χ0n) is 13.7. The number of halogens is 2. The van der Waals surface area contributed by atoms with E-state index in [0.29, 0.717) is 22.3 Å². The summed E-state index contributed by atoms with van der Waals surface area (Å²) in [5.74, 6) is 0.0821. The van der Waals surface area contributed by atoms with E-state index >= 15 is 0 Å². The number of anilines is 2. The van der Waals surface area contributed by atoms with Crippen molar-refractivity contribution in [2.45, 2.75) is 17.7 Å². The van der Waals surface area contributed by atoms with E-state index in [4.69, 9.17) is 23.2 Å². The molecule has 0 bridgehead atoms. The predicted octanol–water partition coefficient (Wildman–Crippen LogP) is 4.22. The summed E-state index contributed by atoms with van der Waals surface area (Å²) >= 11 is 13.7. The monoisotopic (exact) mass is 404 g/mol. The molecule has 1 spiro atoms. The van der Waals surface area contributed by atoms with Crippen LogP contribution in [0.5, 0.6) is 0 Å². The maximum absolute atomic E-state index is 13.5. The number of benzene rings is 2. The van der Waals surface area contributed by atoms with Crippen molar-refractivity contribution in [1.29, 1.82) is 0 Å². The van der Waals surface area contributed by atoms with E-state index in [0.717, 1.165) is 24.1 Å². The molecular formula is C19H14Cl2N2O2S. The average molecular weight is 405 g/mol. The number of hydrogen-bond donors (Lipinski definition) is 0. The first-order valence-electron chi connectivity index (χ1n) is 8.40. The van der Waals surface area contributed by atoms with Crippen molar-refractivity contribution in [3.8, 4) is 0 Å². The van der Waals surface area contributed by atoms with Crippen LogP contribution in [0.3, 0.4) is 0 Å². The lowest BCUT2D eigenvalue weighted by Crippen LogP contribution is -2.50. The number of thioether (sulfide) groups is 1. The number of nitrogens with zero attached hydrogens (tertiary/aromatic N) is 2. The van der Waals surface area contributed by atoms with Crippen molar-refractivity contribution in [2.24, 2.45) is 0 Å². The highest BCUT2D eigenvalue weighted by molar-refractivity contribution is 8.02. The average Bonchev–Trinajstić information content (AvgIpc) is 3.08. The molecule has 1 unspecified atom stereocenters. The Labute approximate surface area is 165 Å². The normalized spacial score (nSPS) is 23.9. The lowest BCUT2D eigenvalue weighted by molar-refractivity contribution is -0.123. The topological polar surface area (TPSA) is 40.6 Å². The Morgan fingerprint density at radius 3 is 2.62 bits per heavy atom. The predicted molar refractivity (Wildman–Crippen MR) is 105 cm³/mol. The number of carbonyl (C=O) groups is 2. The molecule has 3 aliphatic heterocycles. The van der Waals surface area contributed by atoms with Gasteiger partial charge in [-0.2, -0.15) is 0 Å². The van der Waals surface area contributed by atoms with Gasteiger partial charge in [-0.15, -0.1) is 11.8 Å². The quantitative estimate of drug-likeness (QED) is 0.714. The maximum Gasteiger partial charge on any atom is 0.268 e. The molecule has 0 radical (unpaired) electrons. The number of aryl methyl sites for hydroxylation is 1. The van der Waals surface area contributed by atoms with Crippen molar-refractivity contribution in [2.75, 3.05) is 22.1 Å². The summed E-state index contributed by atoms with van der Waals surface area (Å²) in [6.07, 6.45) is 1.88. The molecule has 1 fully saturated rings. The number of para-hydroxylation sites is 1. The van der Waals surface area contributed by atoms with E-state index in [2.05, 4.69) is 6.07 Å². The van der Waals surface area contributed by atoms with Crippen LogP contribution in [0.2, 0.25) is 10.0 Å². The summed E-state index contributed by atoms with van der Waals surface area (Å²) in [7, 11) is 0. The molecule has 0 aromatic heterocycles. The van der Waals surface area contributed by atoms with Gasteiger partial charge in [0.05, 0.1) is 11.4 Å². The van der Waals surface area contributed by atoms with Gasteiger partial charge in [0, 0.05) is 27.8 Å². The highest BCUT2D eigenvalue weighted by atomic mass is 35.5. The molecule has 2 aromatic rings. The minimum absolute atomic E-state index is 0.0494. The van der Waals surface area contributed by atoms with Crippen molar-refractivity contribution in [3.05, 3.63) is 57.6 Å². The van der Waals surface area contributed by atoms with Crippen LogP contribution in [0.4, 0.5) is 11.4 Å². The standard InChI is InChI=1S/C19H14Cl2N2O2S/c20-12-7-13(21)9-14(8-12)23-16(24)10-26-19(23)15-5-1-3-11-4-2-6-22(17(11)15)18(19)25/h1,3,5,7-9H,2,4,6,10H2.